The first-order valence-corrected chi connectivity index (χ1v) is 6.96. The molecule has 0 heterocycles. The largest absolute Gasteiger partial charge is 0.384 e. The highest BCUT2D eigenvalue weighted by Crippen LogP contribution is 2.29. The van der Waals surface area contributed by atoms with Crippen LogP contribution in [0.1, 0.15) is 17.2 Å². The zero-order chi connectivity index (χ0) is 13.2. The summed E-state index contributed by atoms with van der Waals surface area (Å²) in [5.41, 5.74) is 1.85. The van der Waals surface area contributed by atoms with Crippen LogP contribution in [0.5, 0.6) is 0 Å². The molecular weight excluding hydrogens is 300 g/mol. The summed E-state index contributed by atoms with van der Waals surface area (Å²) in [7, 11) is 0. The molecule has 1 N–H and O–H groups in total. The van der Waals surface area contributed by atoms with Gasteiger partial charge in [-0.3, -0.25) is 0 Å². The summed E-state index contributed by atoms with van der Waals surface area (Å²) in [6, 6.07) is 21.9. The summed E-state index contributed by atoms with van der Waals surface area (Å²) in [5.74, 6) is 0. The van der Waals surface area contributed by atoms with Crippen molar-refractivity contribution in [2.24, 2.45) is 0 Å². The molecule has 0 saturated heterocycles. The Morgan fingerprint density at radius 3 is 2.26 bits per heavy atom. The second kappa shape index (κ2) is 5.16. The third-order valence-corrected chi connectivity index (χ3v) is 3.83. The lowest BCUT2D eigenvalue weighted by atomic mass is 9.96. The molecule has 0 aromatic heterocycles. The van der Waals surface area contributed by atoms with Crippen molar-refractivity contribution in [2.45, 2.75) is 6.10 Å². The van der Waals surface area contributed by atoms with Crippen LogP contribution >= 0.6 is 15.9 Å². The molecule has 1 atom stereocenters. The van der Waals surface area contributed by atoms with Crippen molar-refractivity contribution in [1.29, 1.82) is 0 Å². The van der Waals surface area contributed by atoms with Crippen LogP contribution in [0.25, 0.3) is 10.8 Å². The molecule has 19 heavy (non-hydrogen) atoms. The van der Waals surface area contributed by atoms with Gasteiger partial charge in [0.05, 0.1) is 0 Å². The lowest BCUT2D eigenvalue weighted by Gasteiger charge is -2.14. The molecule has 3 aromatic rings. The fourth-order valence-corrected chi connectivity index (χ4v) is 2.58. The predicted molar refractivity (Wildman–Crippen MR) is 82.2 cm³/mol. The maximum absolute atomic E-state index is 10.6. The van der Waals surface area contributed by atoms with Crippen LogP contribution in [0.15, 0.2) is 71.2 Å². The smallest absolute Gasteiger partial charge is 0.105 e. The summed E-state index contributed by atoms with van der Waals surface area (Å²) in [5, 5.41) is 12.8. The molecule has 3 rings (SSSR count). The molecule has 3 aromatic carbocycles. The van der Waals surface area contributed by atoms with E-state index < -0.39 is 6.10 Å². The Kier molecular flexibility index (Phi) is 3.36. The highest BCUT2D eigenvalue weighted by atomic mass is 79.9. The zero-order valence-corrected chi connectivity index (χ0v) is 11.8. The lowest BCUT2D eigenvalue weighted by molar-refractivity contribution is 0.222. The number of aliphatic hydroxyl groups excluding tert-OH is 1. The van der Waals surface area contributed by atoms with E-state index in [1.807, 2.05) is 54.6 Å². The van der Waals surface area contributed by atoms with E-state index >= 15 is 0 Å². The highest BCUT2D eigenvalue weighted by molar-refractivity contribution is 9.10. The molecule has 2 heteroatoms. The SMILES string of the molecule is OC(c1ccc(Br)cc1)c1cccc2ccccc12. The van der Waals surface area contributed by atoms with Gasteiger partial charge in [-0.05, 0) is 34.0 Å². The molecule has 0 bridgehead atoms. The van der Waals surface area contributed by atoms with E-state index in [1.54, 1.807) is 0 Å². The third-order valence-electron chi connectivity index (χ3n) is 3.30. The first-order chi connectivity index (χ1) is 9.25. The fourth-order valence-electron chi connectivity index (χ4n) is 2.31. The Bertz CT molecular complexity index is 699. The average Bonchev–Trinajstić information content (AvgIpc) is 2.47. The summed E-state index contributed by atoms with van der Waals surface area (Å²) >= 11 is 3.41. The van der Waals surface area contributed by atoms with Gasteiger partial charge in [0.1, 0.15) is 6.10 Å². The van der Waals surface area contributed by atoms with Crippen molar-refractivity contribution in [2.75, 3.05) is 0 Å². The van der Waals surface area contributed by atoms with E-state index in [4.69, 9.17) is 0 Å². The van der Waals surface area contributed by atoms with Crippen LogP contribution in [-0.2, 0) is 0 Å². The monoisotopic (exact) mass is 312 g/mol. The van der Waals surface area contributed by atoms with Crippen LogP contribution in [-0.4, -0.2) is 5.11 Å². The van der Waals surface area contributed by atoms with Gasteiger partial charge in [0, 0.05) is 4.47 Å². The highest BCUT2D eigenvalue weighted by Gasteiger charge is 2.12. The van der Waals surface area contributed by atoms with E-state index in [-0.39, 0.29) is 0 Å². The molecular formula is C17H13BrO. The molecule has 0 aliphatic rings. The number of hydrogen-bond acceptors (Lipinski definition) is 1. The van der Waals surface area contributed by atoms with Crippen molar-refractivity contribution in [3.05, 3.63) is 82.3 Å². The normalized spacial score (nSPS) is 12.5. The van der Waals surface area contributed by atoms with Gasteiger partial charge in [-0.2, -0.15) is 0 Å². The lowest BCUT2D eigenvalue weighted by Crippen LogP contribution is -2.00. The first-order valence-electron chi connectivity index (χ1n) is 6.17. The molecule has 1 nitrogen and oxygen atoms in total. The van der Waals surface area contributed by atoms with Crippen molar-refractivity contribution in [3.8, 4) is 0 Å². The fraction of sp³-hybridized carbons (Fsp3) is 0.0588. The minimum Gasteiger partial charge on any atom is -0.384 e. The van der Waals surface area contributed by atoms with Gasteiger partial charge in [0.2, 0.25) is 0 Å². The van der Waals surface area contributed by atoms with E-state index in [0.717, 1.165) is 26.4 Å². The van der Waals surface area contributed by atoms with Crippen molar-refractivity contribution >= 4 is 26.7 Å². The summed E-state index contributed by atoms with van der Waals surface area (Å²) in [4.78, 5) is 0. The van der Waals surface area contributed by atoms with E-state index in [0.29, 0.717) is 0 Å². The van der Waals surface area contributed by atoms with Gasteiger partial charge in [-0.15, -0.1) is 0 Å². The molecule has 0 aliphatic heterocycles. The third kappa shape index (κ3) is 2.42. The second-order valence-corrected chi connectivity index (χ2v) is 5.44. The Morgan fingerprint density at radius 1 is 0.789 bits per heavy atom. The maximum atomic E-state index is 10.6. The predicted octanol–water partition coefficient (Wildman–Crippen LogP) is 4.68. The van der Waals surface area contributed by atoms with Gasteiger partial charge >= 0.3 is 0 Å². The first kappa shape index (κ1) is 12.4. The van der Waals surface area contributed by atoms with Crippen molar-refractivity contribution in [1.82, 2.24) is 0 Å². The van der Waals surface area contributed by atoms with E-state index in [2.05, 4.69) is 28.1 Å². The van der Waals surface area contributed by atoms with E-state index in [1.165, 1.54) is 0 Å². The van der Waals surface area contributed by atoms with Crippen LogP contribution in [0.3, 0.4) is 0 Å². The van der Waals surface area contributed by atoms with Crippen LogP contribution in [0, 0.1) is 0 Å². The zero-order valence-electron chi connectivity index (χ0n) is 10.3. The molecule has 0 aliphatic carbocycles. The minimum atomic E-state index is -0.598. The molecule has 0 fully saturated rings. The number of benzene rings is 3. The van der Waals surface area contributed by atoms with Gasteiger partial charge in [-0.25, -0.2) is 0 Å². The molecule has 94 valence electrons. The average molecular weight is 313 g/mol. The Labute approximate surface area is 120 Å². The molecule has 0 radical (unpaired) electrons. The van der Waals surface area contributed by atoms with Gasteiger partial charge in [0.15, 0.2) is 0 Å². The van der Waals surface area contributed by atoms with Crippen LogP contribution < -0.4 is 0 Å². The Balaban J connectivity index is 2.11. The number of rotatable bonds is 2. The Morgan fingerprint density at radius 2 is 1.47 bits per heavy atom. The van der Waals surface area contributed by atoms with E-state index in [9.17, 15) is 5.11 Å². The van der Waals surface area contributed by atoms with Crippen molar-refractivity contribution < 1.29 is 5.11 Å². The van der Waals surface area contributed by atoms with Crippen molar-refractivity contribution in [3.63, 3.8) is 0 Å². The number of aliphatic hydroxyl groups is 1. The standard InChI is InChI=1S/C17H13BrO/c18-14-10-8-13(9-11-14)17(19)16-7-3-5-12-4-1-2-6-15(12)16/h1-11,17,19H. The van der Waals surface area contributed by atoms with Gasteiger partial charge in [0.25, 0.3) is 0 Å². The maximum Gasteiger partial charge on any atom is 0.105 e. The number of fused-ring (bicyclic) bond motifs is 1. The summed E-state index contributed by atoms with van der Waals surface area (Å²) in [6.07, 6.45) is -0.598. The molecule has 0 saturated carbocycles. The number of hydrogen-bond donors (Lipinski definition) is 1. The van der Waals surface area contributed by atoms with Gasteiger partial charge in [-0.1, -0.05) is 70.5 Å². The summed E-state index contributed by atoms with van der Waals surface area (Å²) < 4.78 is 1.02. The minimum absolute atomic E-state index is 0.598. The van der Waals surface area contributed by atoms with Gasteiger partial charge < -0.3 is 5.11 Å². The molecule has 0 spiro atoms. The molecule has 1 unspecified atom stereocenters. The summed E-state index contributed by atoms with van der Waals surface area (Å²) in [6.45, 7) is 0. The van der Waals surface area contributed by atoms with Crippen LogP contribution in [0.2, 0.25) is 0 Å². The Hall–Kier alpha value is -1.64. The van der Waals surface area contributed by atoms with Crippen LogP contribution in [0.4, 0.5) is 0 Å². The number of halogens is 1. The molecule has 0 amide bonds. The second-order valence-electron chi connectivity index (χ2n) is 4.52. The topological polar surface area (TPSA) is 20.2 Å². The quantitative estimate of drug-likeness (QED) is 0.728.